The van der Waals surface area contributed by atoms with Crippen molar-refractivity contribution < 1.29 is 18.4 Å². The van der Waals surface area contributed by atoms with Gasteiger partial charge < -0.3 is 20.9 Å². The minimum absolute atomic E-state index is 0.182. The third kappa shape index (κ3) is 5.95. The molecule has 2 aromatic carbocycles. The van der Waals surface area contributed by atoms with Gasteiger partial charge in [-0.25, -0.2) is 8.78 Å². The zero-order chi connectivity index (χ0) is 24.0. The van der Waals surface area contributed by atoms with E-state index < -0.39 is 5.54 Å². The summed E-state index contributed by atoms with van der Waals surface area (Å²) in [5.41, 5.74) is 0.828. The zero-order valence-corrected chi connectivity index (χ0v) is 19.6. The van der Waals surface area contributed by atoms with Crippen LogP contribution in [0.15, 0.2) is 53.6 Å². The number of rotatable bonds is 9. The SMILES string of the molecule is O=C(CCSc1ccc(F)cc1)NC1(C(=O)NCCc2c[nH]c3ccc(F)cc23)CCNCC1. The molecule has 0 aliphatic carbocycles. The van der Waals surface area contributed by atoms with Crippen molar-refractivity contribution in [3.05, 3.63) is 65.9 Å². The number of aromatic nitrogens is 1. The summed E-state index contributed by atoms with van der Waals surface area (Å²) in [6, 6.07) is 10.7. The Kier molecular flexibility index (Phi) is 7.84. The Morgan fingerprint density at radius 2 is 1.76 bits per heavy atom. The van der Waals surface area contributed by atoms with Gasteiger partial charge in [-0.1, -0.05) is 0 Å². The lowest BCUT2D eigenvalue weighted by Gasteiger charge is -2.37. The summed E-state index contributed by atoms with van der Waals surface area (Å²) < 4.78 is 26.6. The van der Waals surface area contributed by atoms with Crippen molar-refractivity contribution in [2.45, 2.75) is 36.1 Å². The van der Waals surface area contributed by atoms with Gasteiger partial charge in [0.2, 0.25) is 11.8 Å². The number of aromatic amines is 1. The summed E-state index contributed by atoms with van der Waals surface area (Å²) >= 11 is 1.47. The van der Waals surface area contributed by atoms with E-state index in [-0.39, 0.29) is 29.9 Å². The maximum atomic E-state index is 13.6. The predicted octanol–water partition coefficient (Wildman–Crippen LogP) is 3.53. The molecule has 4 rings (SSSR count). The van der Waals surface area contributed by atoms with Gasteiger partial charge in [-0.3, -0.25) is 9.59 Å². The fourth-order valence-electron chi connectivity index (χ4n) is 4.22. The van der Waals surface area contributed by atoms with Crippen LogP contribution >= 0.6 is 11.8 Å². The first kappa shape index (κ1) is 24.2. The van der Waals surface area contributed by atoms with Crippen molar-refractivity contribution in [2.75, 3.05) is 25.4 Å². The number of carbonyl (C=O) groups excluding carboxylic acids is 2. The predicted molar refractivity (Wildman–Crippen MR) is 130 cm³/mol. The van der Waals surface area contributed by atoms with E-state index in [9.17, 15) is 18.4 Å². The molecule has 1 saturated heterocycles. The fourth-order valence-corrected chi connectivity index (χ4v) is 5.07. The monoisotopic (exact) mass is 486 g/mol. The Bertz CT molecular complexity index is 1140. The molecule has 0 spiro atoms. The molecular weight excluding hydrogens is 458 g/mol. The summed E-state index contributed by atoms with van der Waals surface area (Å²) in [6.45, 7) is 1.66. The van der Waals surface area contributed by atoms with Crippen LogP contribution in [0.25, 0.3) is 10.9 Å². The van der Waals surface area contributed by atoms with Crippen molar-refractivity contribution in [1.82, 2.24) is 20.9 Å². The van der Waals surface area contributed by atoms with Crippen LogP contribution in [0.2, 0.25) is 0 Å². The van der Waals surface area contributed by atoms with Crippen LogP contribution in [0.1, 0.15) is 24.8 Å². The summed E-state index contributed by atoms with van der Waals surface area (Å²) in [4.78, 5) is 29.9. The number of amides is 2. The van der Waals surface area contributed by atoms with Crippen molar-refractivity contribution >= 4 is 34.5 Å². The molecule has 0 atom stereocenters. The number of H-pyrrole nitrogens is 1. The van der Waals surface area contributed by atoms with E-state index in [4.69, 9.17) is 0 Å². The summed E-state index contributed by atoms with van der Waals surface area (Å²) in [7, 11) is 0. The summed E-state index contributed by atoms with van der Waals surface area (Å²) in [5.74, 6) is -0.438. The Morgan fingerprint density at radius 1 is 1.03 bits per heavy atom. The molecule has 1 fully saturated rings. The summed E-state index contributed by atoms with van der Waals surface area (Å²) in [5, 5.41) is 10.0. The molecule has 1 aliphatic heterocycles. The highest BCUT2D eigenvalue weighted by Gasteiger charge is 2.40. The lowest BCUT2D eigenvalue weighted by molar-refractivity contribution is -0.134. The Labute approximate surface area is 201 Å². The van der Waals surface area contributed by atoms with Crippen LogP contribution in [0.4, 0.5) is 8.78 Å². The normalized spacial score (nSPS) is 15.2. The van der Waals surface area contributed by atoms with Crippen LogP contribution in [0.3, 0.4) is 0 Å². The number of nitrogens with one attached hydrogen (secondary N) is 4. The molecule has 2 heterocycles. The number of carbonyl (C=O) groups is 2. The number of hydrogen-bond donors (Lipinski definition) is 4. The van der Waals surface area contributed by atoms with Crippen molar-refractivity contribution in [1.29, 1.82) is 0 Å². The minimum Gasteiger partial charge on any atom is -0.361 e. The van der Waals surface area contributed by atoms with E-state index in [2.05, 4.69) is 20.9 Å². The van der Waals surface area contributed by atoms with Crippen molar-refractivity contribution in [3.63, 3.8) is 0 Å². The van der Waals surface area contributed by atoms with Gasteiger partial charge in [0.25, 0.3) is 0 Å². The number of benzene rings is 2. The maximum absolute atomic E-state index is 13.6. The quantitative estimate of drug-likeness (QED) is 0.349. The van der Waals surface area contributed by atoms with Gasteiger partial charge in [0, 0.05) is 40.7 Å². The molecule has 2 amide bonds. The molecule has 0 bridgehead atoms. The zero-order valence-electron chi connectivity index (χ0n) is 18.8. The van der Waals surface area contributed by atoms with Crippen molar-refractivity contribution in [2.24, 2.45) is 0 Å². The van der Waals surface area contributed by atoms with Gasteiger partial charge in [0.05, 0.1) is 0 Å². The van der Waals surface area contributed by atoms with E-state index in [1.54, 1.807) is 18.2 Å². The Hall–Kier alpha value is -2.91. The maximum Gasteiger partial charge on any atom is 0.245 e. The molecular formula is C25H28F2N4O2S. The first-order chi connectivity index (χ1) is 16.4. The van der Waals surface area contributed by atoms with E-state index >= 15 is 0 Å². The van der Waals surface area contributed by atoms with Crippen LogP contribution in [-0.4, -0.2) is 47.7 Å². The highest BCUT2D eigenvalue weighted by molar-refractivity contribution is 7.99. The Balaban J connectivity index is 1.31. The topological polar surface area (TPSA) is 86.0 Å². The van der Waals surface area contributed by atoms with Gasteiger partial charge in [-0.2, -0.15) is 0 Å². The molecule has 9 heteroatoms. The van der Waals surface area contributed by atoms with Gasteiger partial charge >= 0.3 is 0 Å². The van der Waals surface area contributed by atoms with Gasteiger partial charge in [0.15, 0.2) is 0 Å². The first-order valence-electron chi connectivity index (χ1n) is 11.4. The minimum atomic E-state index is -0.949. The largest absolute Gasteiger partial charge is 0.361 e. The van der Waals surface area contributed by atoms with Gasteiger partial charge in [-0.05, 0) is 80.4 Å². The third-order valence-electron chi connectivity index (χ3n) is 6.09. The van der Waals surface area contributed by atoms with Crippen LogP contribution in [-0.2, 0) is 16.0 Å². The highest BCUT2D eigenvalue weighted by atomic mass is 32.2. The average molecular weight is 487 g/mol. The number of hydrogen-bond acceptors (Lipinski definition) is 4. The van der Waals surface area contributed by atoms with Gasteiger partial charge in [-0.15, -0.1) is 11.8 Å². The number of fused-ring (bicyclic) bond motifs is 1. The number of piperidine rings is 1. The third-order valence-corrected chi connectivity index (χ3v) is 7.11. The molecule has 0 saturated carbocycles. The fraction of sp³-hybridized carbons (Fsp3) is 0.360. The van der Waals surface area contributed by atoms with E-state index in [0.29, 0.717) is 44.6 Å². The average Bonchev–Trinajstić information content (AvgIpc) is 3.23. The molecule has 3 aromatic rings. The van der Waals surface area contributed by atoms with E-state index in [0.717, 1.165) is 21.4 Å². The number of thioether (sulfide) groups is 1. The highest BCUT2D eigenvalue weighted by Crippen LogP contribution is 2.22. The van der Waals surface area contributed by atoms with Crippen LogP contribution in [0.5, 0.6) is 0 Å². The molecule has 0 unspecified atom stereocenters. The second-order valence-corrected chi connectivity index (χ2v) is 9.61. The van der Waals surface area contributed by atoms with Crippen LogP contribution in [0, 0.1) is 11.6 Å². The summed E-state index contributed by atoms with van der Waals surface area (Å²) in [6.07, 6.45) is 3.65. The number of halogens is 2. The first-order valence-corrected chi connectivity index (χ1v) is 12.4. The molecule has 1 aliphatic rings. The second kappa shape index (κ2) is 11.0. The molecule has 0 radical (unpaired) electrons. The van der Waals surface area contributed by atoms with Crippen LogP contribution < -0.4 is 16.0 Å². The molecule has 1 aromatic heterocycles. The molecule has 180 valence electrons. The van der Waals surface area contributed by atoms with E-state index in [1.165, 1.54) is 36.0 Å². The smallest absolute Gasteiger partial charge is 0.245 e. The standard InChI is InChI=1S/C25H28F2N4O2S/c26-18-1-4-20(5-2-18)34-14-8-23(32)31-25(9-12-28-13-10-25)24(33)29-11-7-17-16-30-22-6-3-19(27)15-21(17)22/h1-6,15-16,28,30H,7-14H2,(H,29,33)(H,31,32). The lowest BCUT2D eigenvalue weighted by Crippen LogP contribution is -2.63. The molecule has 6 nitrogen and oxygen atoms in total. The Morgan fingerprint density at radius 3 is 2.53 bits per heavy atom. The van der Waals surface area contributed by atoms with Crippen molar-refractivity contribution in [3.8, 4) is 0 Å². The van der Waals surface area contributed by atoms with Gasteiger partial charge in [0.1, 0.15) is 17.2 Å². The lowest BCUT2D eigenvalue weighted by atomic mass is 9.87. The van der Waals surface area contributed by atoms with E-state index in [1.807, 2.05) is 6.20 Å². The second-order valence-electron chi connectivity index (χ2n) is 8.44. The molecule has 4 N–H and O–H groups in total. The molecule has 34 heavy (non-hydrogen) atoms.